The van der Waals surface area contributed by atoms with Gasteiger partial charge in [0.25, 0.3) is 0 Å². The summed E-state index contributed by atoms with van der Waals surface area (Å²) in [6.07, 6.45) is -2.93. The predicted molar refractivity (Wildman–Crippen MR) is 68.8 cm³/mol. The van der Waals surface area contributed by atoms with Crippen LogP contribution in [0.1, 0.15) is 20.8 Å². The van der Waals surface area contributed by atoms with E-state index in [1.807, 2.05) is 0 Å². The van der Waals surface area contributed by atoms with Gasteiger partial charge < -0.3 is 14.9 Å². The fraction of sp³-hybridized carbons (Fsp3) is 0.385. The van der Waals surface area contributed by atoms with Crippen molar-refractivity contribution in [2.24, 2.45) is 0 Å². The Labute approximate surface area is 111 Å². The second-order valence-corrected chi connectivity index (χ2v) is 4.90. The number of anilines is 1. The average Bonchev–Trinajstić information content (AvgIpc) is 2.28. The molecule has 2 N–H and O–H groups in total. The summed E-state index contributed by atoms with van der Waals surface area (Å²) in [5, 5.41) is 18.5. The zero-order valence-electron chi connectivity index (χ0n) is 11.0. The van der Waals surface area contributed by atoms with Gasteiger partial charge in [0.2, 0.25) is 6.23 Å². The lowest BCUT2D eigenvalue weighted by atomic mass is 10.2. The van der Waals surface area contributed by atoms with Gasteiger partial charge in [-0.3, -0.25) is 0 Å². The number of ether oxygens (including phenoxy) is 1. The predicted octanol–water partition coefficient (Wildman–Crippen LogP) is 1.83. The first-order valence-electron chi connectivity index (χ1n) is 5.70. The van der Waals surface area contributed by atoms with Gasteiger partial charge >= 0.3 is 12.1 Å². The van der Waals surface area contributed by atoms with Crippen LogP contribution in [-0.4, -0.2) is 34.1 Å². The number of amides is 1. The van der Waals surface area contributed by atoms with Gasteiger partial charge in [-0.05, 0) is 32.9 Å². The normalized spacial score (nSPS) is 12.6. The van der Waals surface area contributed by atoms with Crippen LogP contribution in [0.15, 0.2) is 30.3 Å². The van der Waals surface area contributed by atoms with E-state index in [2.05, 4.69) is 0 Å². The van der Waals surface area contributed by atoms with Crippen LogP contribution in [0.5, 0.6) is 0 Å². The lowest BCUT2D eigenvalue weighted by molar-refractivity contribution is -0.146. The molecule has 0 aromatic heterocycles. The Kier molecular flexibility index (Phi) is 4.50. The lowest BCUT2D eigenvalue weighted by Crippen LogP contribution is -2.47. The van der Waals surface area contributed by atoms with Gasteiger partial charge in [0, 0.05) is 0 Å². The van der Waals surface area contributed by atoms with Crippen LogP contribution in [0, 0.1) is 0 Å². The molecule has 19 heavy (non-hydrogen) atoms. The molecule has 1 amide bonds. The number of nitrogens with zero attached hydrogens (tertiary/aromatic N) is 1. The van der Waals surface area contributed by atoms with Crippen molar-refractivity contribution >= 4 is 17.7 Å². The van der Waals surface area contributed by atoms with E-state index in [4.69, 9.17) is 9.84 Å². The molecule has 0 aliphatic carbocycles. The smallest absolute Gasteiger partial charge is 0.417 e. The largest absolute Gasteiger partial charge is 0.478 e. The molecule has 0 bridgehead atoms. The summed E-state index contributed by atoms with van der Waals surface area (Å²) in [7, 11) is 0. The molecule has 1 aromatic rings. The average molecular weight is 267 g/mol. The van der Waals surface area contributed by atoms with Crippen LogP contribution in [0.3, 0.4) is 0 Å². The second kappa shape index (κ2) is 5.71. The number of carbonyl (C=O) groups is 2. The molecule has 0 heterocycles. The van der Waals surface area contributed by atoms with Gasteiger partial charge in [0.05, 0.1) is 5.69 Å². The maximum Gasteiger partial charge on any atom is 0.417 e. The van der Waals surface area contributed by atoms with Crippen LogP contribution < -0.4 is 4.90 Å². The molecule has 0 aliphatic rings. The molecule has 0 saturated heterocycles. The third kappa shape index (κ3) is 4.26. The van der Waals surface area contributed by atoms with Gasteiger partial charge in [-0.25, -0.2) is 14.5 Å². The molecular formula is C13H17NO5. The maximum atomic E-state index is 12.0. The van der Waals surface area contributed by atoms with Gasteiger partial charge in [0.15, 0.2) is 0 Å². The first-order valence-corrected chi connectivity index (χ1v) is 5.70. The molecule has 0 fully saturated rings. The molecule has 0 radical (unpaired) electrons. The number of aliphatic carboxylic acids is 1. The third-order valence-corrected chi connectivity index (χ3v) is 2.09. The highest BCUT2D eigenvalue weighted by molar-refractivity contribution is 5.94. The molecular weight excluding hydrogens is 250 g/mol. The number of benzene rings is 1. The second-order valence-electron chi connectivity index (χ2n) is 4.90. The number of aliphatic hydroxyl groups is 1. The van der Waals surface area contributed by atoms with Crippen molar-refractivity contribution < 1.29 is 24.5 Å². The van der Waals surface area contributed by atoms with E-state index in [1.165, 1.54) is 12.1 Å². The summed E-state index contributed by atoms with van der Waals surface area (Å²) in [6.45, 7) is 4.96. The summed E-state index contributed by atoms with van der Waals surface area (Å²) in [5.74, 6) is -1.53. The molecule has 1 atom stereocenters. The lowest BCUT2D eigenvalue weighted by Gasteiger charge is -2.28. The van der Waals surface area contributed by atoms with Crippen LogP contribution in [0.25, 0.3) is 0 Å². The van der Waals surface area contributed by atoms with E-state index < -0.39 is 23.9 Å². The number of hydrogen-bond acceptors (Lipinski definition) is 4. The molecule has 0 spiro atoms. The van der Waals surface area contributed by atoms with Crippen LogP contribution in [-0.2, 0) is 9.53 Å². The van der Waals surface area contributed by atoms with E-state index in [9.17, 15) is 14.7 Å². The van der Waals surface area contributed by atoms with E-state index in [0.717, 1.165) is 0 Å². The molecule has 1 rings (SSSR count). The highest BCUT2D eigenvalue weighted by atomic mass is 16.6. The topological polar surface area (TPSA) is 87.1 Å². The summed E-state index contributed by atoms with van der Waals surface area (Å²) in [4.78, 5) is 23.6. The zero-order chi connectivity index (χ0) is 14.6. The van der Waals surface area contributed by atoms with Crippen LogP contribution in [0.4, 0.5) is 10.5 Å². The summed E-state index contributed by atoms with van der Waals surface area (Å²) in [5.41, 5.74) is -0.547. The minimum atomic E-state index is -2.00. The van der Waals surface area contributed by atoms with E-state index in [0.29, 0.717) is 4.90 Å². The third-order valence-electron chi connectivity index (χ3n) is 2.09. The van der Waals surface area contributed by atoms with Gasteiger partial charge in [-0.15, -0.1) is 0 Å². The van der Waals surface area contributed by atoms with Gasteiger partial charge in [0.1, 0.15) is 5.60 Å². The number of rotatable bonds is 3. The minimum absolute atomic E-state index is 0.242. The molecule has 1 aromatic carbocycles. The number of hydrogen-bond donors (Lipinski definition) is 2. The van der Waals surface area contributed by atoms with Gasteiger partial charge in [-0.1, -0.05) is 18.2 Å². The van der Waals surface area contributed by atoms with Crippen molar-refractivity contribution in [1.29, 1.82) is 0 Å². The Hall–Kier alpha value is -2.08. The van der Waals surface area contributed by atoms with Crippen LogP contribution >= 0.6 is 0 Å². The molecule has 0 aliphatic heterocycles. The molecule has 6 nitrogen and oxygen atoms in total. The summed E-state index contributed by atoms with van der Waals surface area (Å²) < 4.78 is 5.09. The highest BCUT2D eigenvalue weighted by Crippen LogP contribution is 2.19. The van der Waals surface area contributed by atoms with Crippen molar-refractivity contribution in [3.63, 3.8) is 0 Å². The highest BCUT2D eigenvalue weighted by Gasteiger charge is 2.32. The van der Waals surface area contributed by atoms with Crippen molar-refractivity contribution in [3.05, 3.63) is 30.3 Å². The monoisotopic (exact) mass is 267 g/mol. The quantitative estimate of drug-likeness (QED) is 0.816. The standard InChI is InChI=1S/C13H17NO5/c1-13(2,3)19-12(18)14(10(15)11(16)17)9-7-5-4-6-8-9/h4-8,10,15H,1-3H3,(H,16,17)/t10-/m0/s1. The fourth-order valence-electron chi connectivity index (χ4n) is 1.36. The first kappa shape index (κ1) is 15.0. The SMILES string of the molecule is CC(C)(C)OC(=O)N(c1ccccc1)[C@@H](O)C(=O)O. The summed E-state index contributed by atoms with van der Waals surface area (Å²) in [6, 6.07) is 7.98. The van der Waals surface area contributed by atoms with E-state index in [1.54, 1.807) is 39.0 Å². The fourth-order valence-corrected chi connectivity index (χ4v) is 1.36. The number of carboxylic acids is 1. The molecule has 0 unspecified atom stereocenters. The van der Waals surface area contributed by atoms with Crippen LogP contribution in [0.2, 0.25) is 0 Å². The zero-order valence-corrected chi connectivity index (χ0v) is 11.0. The first-order chi connectivity index (χ1) is 8.72. The van der Waals surface area contributed by atoms with Crippen molar-refractivity contribution in [2.75, 3.05) is 4.90 Å². The van der Waals surface area contributed by atoms with Crippen molar-refractivity contribution in [1.82, 2.24) is 0 Å². The Morgan fingerprint density at radius 3 is 2.16 bits per heavy atom. The molecule has 104 valence electrons. The van der Waals surface area contributed by atoms with E-state index >= 15 is 0 Å². The minimum Gasteiger partial charge on any atom is -0.478 e. The van der Waals surface area contributed by atoms with Crippen molar-refractivity contribution in [2.45, 2.75) is 32.6 Å². The number of carboxylic acid groups (broad SMARTS) is 1. The number of carbonyl (C=O) groups excluding carboxylic acids is 1. The van der Waals surface area contributed by atoms with Gasteiger partial charge in [-0.2, -0.15) is 0 Å². The Morgan fingerprint density at radius 2 is 1.74 bits per heavy atom. The van der Waals surface area contributed by atoms with E-state index in [-0.39, 0.29) is 5.69 Å². The molecule has 0 saturated carbocycles. The summed E-state index contributed by atoms with van der Waals surface area (Å²) >= 11 is 0. The Balaban J connectivity index is 3.07. The maximum absolute atomic E-state index is 12.0. The Morgan fingerprint density at radius 1 is 1.21 bits per heavy atom. The number of aliphatic hydroxyl groups excluding tert-OH is 1. The molecule has 6 heteroatoms. The Bertz CT molecular complexity index is 452. The van der Waals surface area contributed by atoms with Crippen molar-refractivity contribution in [3.8, 4) is 0 Å². The number of para-hydroxylation sites is 1.